The van der Waals surface area contributed by atoms with E-state index in [-0.39, 0.29) is 25.8 Å². The molecule has 3 rings (SSSR count). The Labute approximate surface area is 181 Å². The number of primary amides is 1. The first-order valence-corrected chi connectivity index (χ1v) is 9.96. The van der Waals surface area contributed by atoms with E-state index in [4.69, 9.17) is 10.6 Å². The zero-order chi connectivity index (χ0) is 22.5. The molecule has 0 aromatic heterocycles. The van der Waals surface area contributed by atoms with Gasteiger partial charge in [0, 0.05) is 25.7 Å². The van der Waals surface area contributed by atoms with Gasteiger partial charge in [-0.15, -0.1) is 0 Å². The average Bonchev–Trinajstić information content (AvgIpc) is 3.11. The van der Waals surface area contributed by atoms with Gasteiger partial charge in [-0.25, -0.2) is 4.79 Å². The van der Waals surface area contributed by atoms with Gasteiger partial charge in [-0.2, -0.15) is 5.06 Å². The fourth-order valence-corrected chi connectivity index (χ4v) is 3.62. The lowest BCUT2D eigenvalue weighted by molar-refractivity contribution is -0.180. The average molecular weight is 428 g/mol. The van der Waals surface area contributed by atoms with E-state index >= 15 is 0 Å². The van der Waals surface area contributed by atoms with Crippen LogP contribution in [0.5, 0.6) is 0 Å². The maximum atomic E-state index is 11.9. The van der Waals surface area contributed by atoms with Crippen LogP contribution in [0.1, 0.15) is 5.56 Å². The molecule has 0 bridgehead atoms. The summed E-state index contributed by atoms with van der Waals surface area (Å²) in [5.74, 6) is -1.20. The lowest BCUT2D eigenvalue weighted by atomic mass is 9.95. The van der Waals surface area contributed by atoms with Crippen LogP contribution in [0.4, 0.5) is 10.5 Å². The second-order valence-corrected chi connectivity index (χ2v) is 7.70. The predicted molar refractivity (Wildman–Crippen MR) is 116 cm³/mol. The summed E-state index contributed by atoms with van der Waals surface area (Å²) in [6.07, 6.45) is -0.685. The van der Waals surface area contributed by atoms with Gasteiger partial charge in [0.05, 0.1) is 19.8 Å². The predicted octanol–water partition coefficient (Wildman–Crippen LogP) is 1.02. The van der Waals surface area contributed by atoms with Crippen LogP contribution in [0.3, 0.4) is 0 Å². The molecule has 1 heterocycles. The fraction of sp³-hybridized carbons (Fsp3) is 0.364. The van der Waals surface area contributed by atoms with Crippen molar-refractivity contribution in [3.8, 4) is 11.1 Å². The smallest absolute Gasteiger partial charge is 0.321 e. The molecule has 5 N–H and O–H groups in total. The number of nitrogens with two attached hydrogens (primary N) is 1. The Morgan fingerprint density at radius 3 is 2.39 bits per heavy atom. The topological polar surface area (TPSA) is 128 Å². The third-order valence-electron chi connectivity index (χ3n) is 5.29. The number of rotatable bonds is 7. The van der Waals surface area contributed by atoms with E-state index in [1.54, 1.807) is 14.1 Å². The van der Waals surface area contributed by atoms with Crippen molar-refractivity contribution >= 4 is 17.6 Å². The highest BCUT2D eigenvalue weighted by Crippen LogP contribution is 2.30. The van der Waals surface area contributed by atoms with E-state index in [1.807, 2.05) is 48.5 Å². The Morgan fingerprint density at radius 1 is 1.10 bits per heavy atom. The highest BCUT2D eigenvalue weighted by Gasteiger charge is 2.45. The van der Waals surface area contributed by atoms with Crippen LogP contribution in [0.15, 0.2) is 48.5 Å². The number of nitrogens with zero attached hydrogens (tertiary/aromatic N) is 2. The van der Waals surface area contributed by atoms with Crippen LogP contribution >= 0.6 is 0 Å². The second kappa shape index (κ2) is 9.88. The van der Waals surface area contributed by atoms with Crippen LogP contribution in [0.2, 0.25) is 0 Å². The Kier molecular flexibility index (Phi) is 7.24. The summed E-state index contributed by atoms with van der Waals surface area (Å²) in [6, 6.07) is 14.2. The highest BCUT2D eigenvalue weighted by molar-refractivity contribution is 5.89. The molecule has 0 spiro atoms. The maximum Gasteiger partial charge on any atom is 0.321 e. The van der Waals surface area contributed by atoms with Gasteiger partial charge in [0.15, 0.2) is 0 Å². The molecule has 3 amide bonds. The summed E-state index contributed by atoms with van der Waals surface area (Å²) in [4.78, 5) is 30.9. The van der Waals surface area contributed by atoms with Gasteiger partial charge in [-0.3, -0.25) is 9.63 Å². The standard InChI is InChI=1S/C22H28N4O5/c1-25(2)22(30)24-17-8-6-15(7-9-17)16-5-3-4-14(10-16)11-26-20(21(23)29)18(12-27)19(13-28)31-26/h3-10,18-20,27-28H,11-13H2,1-2H3,(H2,23,29)(H,24,30)/t18?,19?,20-/m0/s1. The van der Waals surface area contributed by atoms with Crippen LogP contribution in [-0.2, 0) is 16.2 Å². The number of hydrogen-bond acceptors (Lipinski definition) is 6. The van der Waals surface area contributed by atoms with Crippen LogP contribution < -0.4 is 11.1 Å². The van der Waals surface area contributed by atoms with Crippen molar-refractivity contribution in [3.63, 3.8) is 0 Å². The van der Waals surface area contributed by atoms with E-state index in [2.05, 4.69) is 5.32 Å². The molecule has 9 heteroatoms. The molecule has 0 radical (unpaired) electrons. The van der Waals surface area contributed by atoms with E-state index in [0.29, 0.717) is 5.69 Å². The summed E-state index contributed by atoms with van der Waals surface area (Å²) in [5.41, 5.74) is 9.01. The number of carbonyl (C=O) groups excluding carboxylic acids is 2. The lowest BCUT2D eigenvalue weighted by Crippen LogP contribution is -2.44. The number of benzene rings is 2. The molecule has 1 saturated heterocycles. The number of carbonyl (C=O) groups is 2. The van der Waals surface area contributed by atoms with Crippen molar-refractivity contribution < 1.29 is 24.6 Å². The van der Waals surface area contributed by atoms with Gasteiger partial charge in [0.25, 0.3) is 0 Å². The van der Waals surface area contributed by atoms with Gasteiger partial charge in [-0.05, 0) is 34.9 Å². The number of hydrogen-bond donors (Lipinski definition) is 4. The molecule has 1 aliphatic rings. The quantitative estimate of drug-likeness (QED) is 0.521. The summed E-state index contributed by atoms with van der Waals surface area (Å²) < 4.78 is 0. The van der Waals surface area contributed by atoms with Crippen molar-refractivity contribution in [1.29, 1.82) is 0 Å². The van der Waals surface area contributed by atoms with Crippen molar-refractivity contribution in [1.82, 2.24) is 9.96 Å². The van der Waals surface area contributed by atoms with Crippen LogP contribution in [-0.4, -0.2) is 71.6 Å². The summed E-state index contributed by atoms with van der Waals surface area (Å²) >= 11 is 0. The molecule has 1 aliphatic heterocycles. The largest absolute Gasteiger partial charge is 0.396 e. The fourth-order valence-electron chi connectivity index (χ4n) is 3.62. The first-order valence-electron chi connectivity index (χ1n) is 9.96. The Bertz CT molecular complexity index is 918. The molecule has 166 valence electrons. The van der Waals surface area contributed by atoms with Gasteiger partial charge < -0.3 is 26.2 Å². The minimum absolute atomic E-state index is 0.202. The van der Waals surface area contributed by atoms with Gasteiger partial charge >= 0.3 is 6.03 Å². The first kappa shape index (κ1) is 22.7. The Hall–Kier alpha value is -2.98. The van der Waals surface area contributed by atoms with Crippen molar-refractivity contribution in [3.05, 3.63) is 54.1 Å². The summed E-state index contributed by atoms with van der Waals surface area (Å²) in [7, 11) is 3.35. The Morgan fingerprint density at radius 2 is 1.81 bits per heavy atom. The normalized spacial score (nSPS) is 21.1. The van der Waals surface area contributed by atoms with Gasteiger partial charge in [0.1, 0.15) is 12.1 Å². The maximum absolute atomic E-state index is 11.9. The number of amides is 3. The van der Waals surface area contributed by atoms with Crippen LogP contribution in [0, 0.1) is 5.92 Å². The molecule has 31 heavy (non-hydrogen) atoms. The second-order valence-electron chi connectivity index (χ2n) is 7.70. The van der Waals surface area contributed by atoms with Crippen molar-refractivity contribution in [2.75, 3.05) is 32.6 Å². The third kappa shape index (κ3) is 5.20. The molecule has 2 unspecified atom stereocenters. The lowest BCUT2D eigenvalue weighted by Gasteiger charge is -2.22. The number of urea groups is 1. The number of nitrogens with one attached hydrogen (secondary N) is 1. The molecule has 9 nitrogen and oxygen atoms in total. The zero-order valence-corrected chi connectivity index (χ0v) is 17.6. The van der Waals surface area contributed by atoms with Crippen molar-refractivity contribution in [2.24, 2.45) is 11.7 Å². The van der Waals surface area contributed by atoms with E-state index in [9.17, 15) is 19.8 Å². The molecule has 2 aromatic rings. The highest BCUT2D eigenvalue weighted by atomic mass is 16.7. The molecule has 3 atom stereocenters. The molecule has 0 aliphatic carbocycles. The van der Waals surface area contributed by atoms with Gasteiger partial charge in [-0.1, -0.05) is 30.3 Å². The van der Waals surface area contributed by atoms with E-state index in [1.165, 1.54) is 9.96 Å². The molecule has 1 fully saturated rings. The SMILES string of the molecule is CN(C)C(=O)Nc1ccc(-c2cccc(CN3OC(CO)C(CO)[C@H]3C(N)=O)c2)cc1. The molecular weight excluding hydrogens is 400 g/mol. The van der Waals surface area contributed by atoms with E-state index < -0.39 is 24.0 Å². The van der Waals surface area contributed by atoms with Crippen LogP contribution in [0.25, 0.3) is 11.1 Å². The molecule has 0 saturated carbocycles. The van der Waals surface area contributed by atoms with E-state index in [0.717, 1.165) is 16.7 Å². The zero-order valence-electron chi connectivity index (χ0n) is 17.6. The molecule has 2 aromatic carbocycles. The third-order valence-corrected chi connectivity index (χ3v) is 5.29. The first-order chi connectivity index (χ1) is 14.8. The number of anilines is 1. The van der Waals surface area contributed by atoms with Gasteiger partial charge in [0.2, 0.25) is 5.91 Å². The minimum Gasteiger partial charge on any atom is -0.396 e. The molecular formula is C22H28N4O5. The number of aliphatic hydroxyl groups excluding tert-OH is 2. The summed E-state index contributed by atoms with van der Waals surface area (Å²) in [5, 5.41) is 23.4. The Balaban J connectivity index is 1.76. The number of hydroxylamine groups is 2. The monoisotopic (exact) mass is 428 g/mol. The summed E-state index contributed by atoms with van der Waals surface area (Å²) in [6.45, 7) is -0.361. The minimum atomic E-state index is -0.828. The number of aliphatic hydroxyl groups is 2. The van der Waals surface area contributed by atoms with Crippen molar-refractivity contribution in [2.45, 2.75) is 18.7 Å².